The predicted molar refractivity (Wildman–Crippen MR) is 108 cm³/mol. The average Bonchev–Trinajstić information content (AvgIpc) is 3.28. The van der Waals surface area contributed by atoms with Crippen molar-refractivity contribution in [2.24, 2.45) is 0 Å². The van der Waals surface area contributed by atoms with Crippen molar-refractivity contribution in [3.63, 3.8) is 0 Å². The minimum Gasteiger partial charge on any atom is -0.369 e. The van der Waals surface area contributed by atoms with Gasteiger partial charge in [-0.25, -0.2) is 14.8 Å². The van der Waals surface area contributed by atoms with Crippen LogP contribution in [-0.2, 0) is 6.54 Å². The van der Waals surface area contributed by atoms with Crippen LogP contribution in [0, 0.1) is 0 Å². The van der Waals surface area contributed by atoms with Crippen LogP contribution < -0.4 is 15.5 Å². The van der Waals surface area contributed by atoms with Crippen molar-refractivity contribution in [2.75, 3.05) is 18.0 Å². The lowest BCUT2D eigenvalue weighted by Crippen LogP contribution is -2.50. The largest absolute Gasteiger partial charge is 0.369 e. The lowest BCUT2D eigenvalue weighted by molar-refractivity contribution is 0.234. The van der Waals surface area contributed by atoms with Crippen LogP contribution in [0.15, 0.2) is 67.4 Å². The smallest absolute Gasteiger partial charge is 0.315 e. The molecule has 1 unspecified atom stereocenters. The maximum Gasteiger partial charge on any atom is 0.315 e. The molecule has 0 saturated carbocycles. The van der Waals surface area contributed by atoms with Crippen LogP contribution >= 0.6 is 0 Å². The number of rotatable bonds is 5. The number of hydrogen-bond acceptors (Lipinski definition) is 4. The van der Waals surface area contributed by atoms with E-state index in [2.05, 4.69) is 37.6 Å². The Balaban J connectivity index is 1.26. The molecular formula is C21H24N6O. The van der Waals surface area contributed by atoms with Crippen LogP contribution in [0.5, 0.6) is 0 Å². The molecule has 4 rings (SSSR count). The van der Waals surface area contributed by atoms with Crippen LogP contribution in [0.1, 0.15) is 18.4 Å². The first-order valence-corrected chi connectivity index (χ1v) is 9.55. The summed E-state index contributed by atoms with van der Waals surface area (Å²) in [5, 5.41) is 6.03. The highest BCUT2D eigenvalue weighted by Gasteiger charge is 2.21. The number of piperidine rings is 1. The summed E-state index contributed by atoms with van der Waals surface area (Å²) in [5.74, 6) is 0.800. The number of imidazole rings is 1. The number of carbonyl (C=O) groups excluding carboxylic acids is 1. The molecule has 1 aromatic carbocycles. The molecule has 1 aliphatic heterocycles. The van der Waals surface area contributed by atoms with E-state index in [0.717, 1.165) is 37.3 Å². The van der Waals surface area contributed by atoms with Gasteiger partial charge in [0.05, 0.1) is 0 Å². The number of benzene rings is 1. The highest BCUT2D eigenvalue weighted by molar-refractivity contribution is 5.74. The van der Waals surface area contributed by atoms with E-state index in [-0.39, 0.29) is 12.1 Å². The fourth-order valence-corrected chi connectivity index (χ4v) is 3.46. The maximum absolute atomic E-state index is 12.3. The van der Waals surface area contributed by atoms with Crippen molar-refractivity contribution in [1.29, 1.82) is 0 Å². The van der Waals surface area contributed by atoms with Crippen LogP contribution in [0.4, 0.5) is 10.5 Å². The second-order valence-electron chi connectivity index (χ2n) is 6.94. The molecule has 2 aromatic heterocycles. The Labute approximate surface area is 164 Å². The van der Waals surface area contributed by atoms with Crippen molar-refractivity contribution in [3.8, 4) is 5.82 Å². The van der Waals surface area contributed by atoms with Gasteiger partial charge in [-0.05, 0) is 36.6 Å². The number of carbonyl (C=O) groups is 1. The highest BCUT2D eigenvalue weighted by Crippen LogP contribution is 2.19. The average molecular weight is 376 g/mol. The molecule has 7 heteroatoms. The van der Waals surface area contributed by atoms with Gasteiger partial charge in [-0.1, -0.05) is 24.3 Å². The molecule has 0 radical (unpaired) electrons. The summed E-state index contributed by atoms with van der Waals surface area (Å²) in [7, 11) is 0. The summed E-state index contributed by atoms with van der Waals surface area (Å²) in [5.41, 5.74) is 2.16. The van der Waals surface area contributed by atoms with Crippen LogP contribution in [0.2, 0.25) is 0 Å². The molecule has 7 nitrogen and oxygen atoms in total. The molecular weight excluding hydrogens is 352 g/mol. The zero-order valence-electron chi connectivity index (χ0n) is 15.7. The van der Waals surface area contributed by atoms with Gasteiger partial charge in [-0.3, -0.25) is 4.57 Å². The molecule has 0 bridgehead atoms. The summed E-state index contributed by atoms with van der Waals surface area (Å²) in [6.07, 6.45) is 9.10. The first-order valence-electron chi connectivity index (χ1n) is 9.55. The van der Waals surface area contributed by atoms with Gasteiger partial charge in [0.25, 0.3) is 0 Å². The Bertz CT molecular complexity index is 879. The molecule has 1 atom stereocenters. The maximum atomic E-state index is 12.3. The molecule has 1 saturated heterocycles. The normalized spacial score (nSPS) is 16.6. The number of hydrogen-bond donors (Lipinski definition) is 2. The van der Waals surface area contributed by atoms with E-state index in [0.29, 0.717) is 6.54 Å². The number of nitrogens with one attached hydrogen (secondary N) is 2. The van der Waals surface area contributed by atoms with E-state index in [4.69, 9.17) is 0 Å². The van der Waals surface area contributed by atoms with Crippen molar-refractivity contribution in [3.05, 3.63) is 72.9 Å². The van der Waals surface area contributed by atoms with E-state index in [1.807, 2.05) is 41.1 Å². The topological polar surface area (TPSA) is 75.1 Å². The number of urea groups is 1. The zero-order valence-corrected chi connectivity index (χ0v) is 15.7. The SMILES string of the molecule is O=C(NCc1ccc(-n2ccnc2)nc1)NC1CCCN(c2ccccc2)C1. The van der Waals surface area contributed by atoms with Gasteiger partial charge in [0.1, 0.15) is 12.1 Å². The van der Waals surface area contributed by atoms with Crippen LogP contribution in [0.25, 0.3) is 5.82 Å². The molecule has 3 heterocycles. The monoisotopic (exact) mass is 376 g/mol. The summed E-state index contributed by atoms with van der Waals surface area (Å²) in [6.45, 7) is 2.30. The molecule has 2 N–H and O–H groups in total. The summed E-state index contributed by atoms with van der Waals surface area (Å²) in [4.78, 5) is 23.1. The molecule has 144 valence electrons. The van der Waals surface area contributed by atoms with E-state index in [1.54, 1.807) is 18.7 Å². The number of pyridine rings is 1. The summed E-state index contributed by atoms with van der Waals surface area (Å²) in [6, 6.07) is 14.2. The number of anilines is 1. The van der Waals surface area contributed by atoms with E-state index >= 15 is 0 Å². The van der Waals surface area contributed by atoms with Crippen LogP contribution in [0.3, 0.4) is 0 Å². The fourth-order valence-electron chi connectivity index (χ4n) is 3.46. The van der Waals surface area contributed by atoms with Gasteiger partial charge in [0.2, 0.25) is 0 Å². The van der Waals surface area contributed by atoms with Crippen LogP contribution in [-0.4, -0.2) is 39.7 Å². The van der Waals surface area contributed by atoms with E-state index in [9.17, 15) is 4.79 Å². The van der Waals surface area contributed by atoms with Gasteiger partial charge < -0.3 is 15.5 Å². The van der Waals surface area contributed by atoms with Crippen molar-refractivity contribution < 1.29 is 4.79 Å². The van der Waals surface area contributed by atoms with Gasteiger partial charge in [0.15, 0.2) is 0 Å². The predicted octanol–water partition coefficient (Wildman–Crippen LogP) is 2.74. The van der Waals surface area contributed by atoms with E-state index in [1.165, 1.54) is 5.69 Å². The van der Waals surface area contributed by atoms with Gasteiger partial charge in [0, 0.05) is 50.0 Å². The number of para-hydroxylation sites is 1. The Morgan fingerprint density at radius 1 is 1.18 bits per heavy atom. The third-order valence-corrected chi connectivity index (χ3v) is 4.91. The van der Waals surface area contributed by atoms with Gasteiger partial charge in [-0.2, -0.15) is 0 Å². The third-order valence-electron chi connectivity index (χ3n) is 4.91. The summed E-state index contributed by atoms with van der Waals surface area (Å²) >= 11 is 0. The molecule has 1 fully saturated rings. The molecule has 28 heavy (non-hydrogen) atoms. The Kier molecular flexibility index (Phi) is 5.51. The molecule has 1 aliphatic rings. The summed E-state index contributed by atoms with van der Waals surface area (Å²) < 4.78 is 1.84. The molecule has 0 spiro atoms. The third kappa shape index (κ3) is 4.49. The number of amides is 2. The number of nitrogens with zero attached hydrogens (tertiary/aromatic N) is 4. The first kappa shape index (κ1) is 18.0. The second-order valence-corrected chi connectivity index (χ2v) is 6.94. The molecule has 3 aromatic rings. The fraction of sp³-hybridized carbons (Fsp3) is 0.286. The Morgan fingerprint density at radius 3 is 2.82 bits per heavy atom. The van der Waals surface area contributed by atoms with Gasteiger partial charge >= 0.3 is 6.03 Å². The van der Waals surface area contributed by atoms with Crippen molar-refractivity contribution >= 4 is 11.7 Å². The Hall–Kier alpha value is -3.35. The molecule has 2 amide bonds. The van der Waals surface area contributed by atoms with Crippen molar-refractivity contribution in [1.82, 2.24) is 25.2 Å². The van der Waals surface area contributed by atoms with E-state index < -0.39 is 0 Å². The number of aromatic nitrogens is 3. The van der Waals surface area contributed by atoms with Crippen molar-refractivity contribution in [2.45, 2.75) is 25.4 Å². The highest BCUT2D eigenvalue weighted by atomic mass is 16.2. The Morgan fingerprint density at radius 2 is 2.07 bits per heavy atom. The van der Waals surface area contributed by atoms with Gasteiger partial charge in [-0.15, -0.1) is 0 Å². The zero-order chi connectivity index (χ0) is 19.2. The minimum absolute atomic E-state index is 0.140. The standard InChI is InChI=1S/C21H24N6O/c28-21(24-14-17-8-9-20(23-13-17)27-12-10-22-16-27)25-18-5-4-11-26(15-18)19-6-2-1-3-7-19/h1-3,6-10,12-13,16,18H,4-5,11,14-15H2,(H2,24,25,28). The second kappa shape index (κ2) is 8.56. The lowest BCUT2D eigenvalue weighted by Gasteiger charge is -2.34. The first-order chi connectivity index (χ1) is 13.8. The lowest BCUT2D eigenvalue weighted by atomic mass is 10.1. The quantitative estimate of drug-likeness (QED) is 0.718. The minimum atomic E-state index is -0.140. The molecule has 0 aliphatic carbocycles.